The van der Waals surface area contributed by atoms with Crippen LogP contribution in [-0.2, 0) is 22.6 Å². The van der Waals surface area contributed by atoms with E-state index in [2.05, 4.69) is 36.5 Å². The van der Waals surface area contributed by atoms with Crippen LogP contribution in [0.25, 0.3) is 6.08 Å². The first-order valence-electron chi connectivity index (χ1n) is 13.6. The number of hydrogen-bond acceptors (Lipinski definition) is 5. The first-order chi connectivity index (χ1) is 19.0. The predicted molar refractivity (Wildman–Crippen MR) is 147 cm³/mol. The molecule has 0 spiro atoms. The van der Waals surface area contributed by atoms with E-state index in [-0.39, 0.29) is 30.8 Å². The molecule has 6 rings (SSSR count). The maximum atomic E-state index is 13.6. The van der Waals surface area contributed by atoms with Crippen LogP contribution in [0.2, 0.25) is 0 Å². The van der Waals surface area contributed by atoms with Gasteiger partial charge in [-0.15, -0.1) is 0 Å². The van der Waals surface area contributed by atoms with Crippen molar-refractivity contribution in [1.29, 1.82) is 0 Å². The van der Waals surface area contributed by atoms with Crippen LogP contribution in [0.4, 0.5) is 0 Å². The fourth-order valence-electron chi connectivity index (χ4n) is 5.47. The van der Waals surface area contributed by atoms with E-state index >= 15 is 0 Å². The Morgan fingerprint density at radius 2 is 1.69 bits per heavy atom. The van der Waals surface area contributed by atoms with Crippen molar-refractivity contribution in [1.82, 2.24) is 10.2 Å². The number of aryl methyl sites for hydroxylation is 1. The van der Waals surface area contributed by atoms with Gasteiger partial charge in [0, 0.05) is 18.7 Å². The van der Waals surface area contributed by atoms with E-state index < -0.39 is 0 Å². The second-order valence-electron chi connectivity index (χ2n) is 10.4. The van der Waals surface area contributed by atoms with Crippen molar-refractivity contribution < 1.29 is 23.8 Å². The Balaban J connectivity index is 1.14. The van der Waals surface area contributed by atoms with Gasteiger partial charge in [-0.25, -0.2) is 0 Å². The number of rotatable bonds is 6. The van der Waals surface area contributed by atoms with Gasteiger partial charge < -0.3 is 24.4 Å². The number of carbonyl (C=O) groups is 2. The van der Waals surface area contributed by atoms with Crippen molar-refractivity contribution in [3.63, 3.8) is 0 Å². The number of ether oxygens (including phenoxy) is 3. The molecule has 2 atom stereocenters. The van der Waals surface area contributed by atoms with Crippen LogP contribution in [0.3, 0.4) is 0 Å². The standard InChI is InChI=1S/C32H32N2O5/c1-21-6-8-23(9-7-21)19-34-26-4-2-3-5-27(26)39-30(32(34)36)16-22-10-13-25(14-11-22)31(35)33-18-24-12-15-28-29(17-24)38-20-37-28/h6-17,26-27H,2-5,18-20H2,1H3,(H,33,35)/b30-16+. The number of carbonyl (C=O) groups excluding carboxylic acids is 2. The van der Waals surface area contributed by atoms with Crippen LogP contribution < -0.4 is 14.8 Å². The second kappa shape index (κ2) is 10.8. The minimum Gasteiger partial charge on any atom is -0.482 e. The molecular formula is C32H32N2O5. The second-order valence-corrected chi connectivity index (χ2v) is 10.4. The zero-order valence-corrected chi connectivity index (χ0v) is 22.0. The maximum absolute atomic E-state index is 13.6. The van der Waals surface area contributed by atoms with Crippen LogP contribution in [-0.4, -0.2) is 35.7 Å². The van der Waals surface area contributed by atoms with Crippen LogP contribution >= 0.6 is 0 Å². The maximum Gasteiger partial charge on any atom is 0.289 e. The Kier molecular flexibility index (Phi) is 6.97. The fourth-order valence-corrected chi connectivity index (χ4v) is 5.47. The molecule has 39 heavy (non-hydrogen) atoms. The zero-order valence-electron chi connectivity index (χ0n) is 22.0. The molecule has 7 heteroatoms. The summed E-state index contributed by atoms with van der Waals surface area (Å²) < 4.78 is 17.0. The molecule has 7 nitrogen and oxygen atoms in total. The lowest BCUT2D eigenvalue weighted by Crippen LogP contribution is -2.54. The number of fused-ring (bicyclic) bond motifs is 2. The van der Waals surface area contributed by atoms with E-state index in [1.165, 1.54) is 5.56 Å². The van der Waals surface area contributed by atoms with E-state index in [9.17, 15) is 9.59 Å². The first kappa shape index (κ1) is 25.0. The van der Waals surface area contributed by atoms with E-state index in [1.807, 2.05) is 35.2 Å². The van der Waals surface area contributed by atoms with Crippen molar-refractivity contribution in [3.05, 3.63) is 100 Å². The van der Waals surface area contributed by atoms with Gasteiger partial charge in [-0.05, 0) is 73.2 Å². The van der Waals surface area contributed by atoms with Crippen molar-refractivity contribution in [3.8, 4) is 11.5 Å². The Labute approximate surface area is 228 Å². The number of hydrogen-bond donors (Lipinski definition) is 1. The molecule has 1 aliphatic carbocycles. The summed E-state index contributed by atoms with van der Waals surface area (Å²) in [5, 5.41) is 2.94. The molecule has 0 bridgehead atoms. The highest BCUT2D eigenvalue weighted by molar-refractivity contribution is 5.97. The smallest absolute Gasteiger partial charge is 0.289 e. The molecule has 200 valence electrons. The predicted octanol–water partition coefficient (Wildman–Crippen LogP) is 5.36. The summed E-state index contributed by atoms with van der Waals surface area (Å²) in [6.07, 6.45) is 5.93. The quantitative estimate of drug-likeness (QED) is 0.439. The first-order valence-corrected chi connectivity index (χ1v) is 13.6. The van der Waals surface area contributed by atoms with E-state index in [4.69, 9.17) is 14.2 Å². The van der Waals surface area contributed by atoms with E-state index in [0.717, 1.165) is 42.4 Å². The Bertz CT molecular complexity index is 1400. The van der Waals surface area contributed by atoms with Crippen LogP contribution in [0, 0.1) is 6.92 Å². The SMILES string of the molecule is Cc1ccc(CN2C(=O)/C(=C\c3ccc(C(=O)NCc4ccc5c(c4)OCO5)cc3)OC3CCCCC32)cc1. The van der Waals surface area contributed by atoms with E-state index in [1.54, 1.807) is 18.2 Å². The van der Waals surface area contributed by atoms with Gasteiger partial charge in [-0.1, -0.05) is 54.4 Å². The molecule has 0 aromatic heterocycles. The Morgan fingerprint density at radius 3 is 2.51 bits per heavy atom. The number of benzene rings is 3. The number of morpholine rings is 1. The van der Waals surface area contributed by atoms with Crippen molar-refractivity contribution >= 4 is 17.9 Å². The average Bonchev–Trinajstić information content (AvgIpc) is 3.43. The summed E-state index contributed by atoms with van der Waals surface area (Å²) in [7, 11) is 0. The average molecular weight is 525 g/mol. The number of nitrogens with one attached hydrogen (secondary N) is 1. The summed E-state index contributed by atoms with van der Waals surface area (Å²) in [4.78, 5) is 28.3. The minimum absolute atomic E-state index is 0.00868. The normalized spacial score (nSPS) is 20.9. The molecule has 3 aromatic carbocycles. The van der Waals surface area contributed by atoms with Gasteiger partial charge in [0.15, 0.2) is 17.3 Å². The summed E-state index contributed by atoms with van der Waals surface area (Å²) >= 11 is 0. The number of nitrogens with zero attached hydrogens (tertiary/aromatic N) is 1. The van der Waals surface area contributed by atoms with Crippen LogP contribution in [0.1, 0.15) is 58.3 Å². The molecule has 1 saturated heterocycles. The lowest BCUT2D eigenvalue weighted by atomic mass is 9.89. The topological polar surface area (TPSA) is 77.1 Å². The molecule has 0 radical (unpaired) electrons. The minimum atomic E-state index is -0.175. The van der Waals surface area contributed by atoms with Gasteiger partial charge in [0.05, 0.1) is 6.04 Å². The highest BCUT2D eigenvalue weighted by Gasteiger charge is 2.41. The lowest BCUT2D eigenvalue weighted by Gasteiger charge is -2.44. The molecule has 1 N–H and O–H groups in total. The molecule has 3 aromatic rings. The Morgan fingerprint density at radius 1 is 0.949 bits per heavy atom. The highest BCUT2D eigenvalue weighted by atomic mass is 16.7. The van der Waals surface area contributed by atoms with Gasteiger partial charge in [-0.2, -0.15) is 0 Å². The third-order valence-electron chi connectivity index (χ3n) is 7.65. The van der Waals surface area contributed by atoms with Crippen molar-refractivity contribution in [2.24, 2.45) is 0 Å². The molecule has 1 saturated carbocycles. The Hall–Kier alpha value is -4.26. The van der Waals surface area contributed by atoms with Crippen molar-refractivity contribution in [2.45, 2.75) is 57.8 Å². The molecule has 2 heterocycles. The molecule has 2 unspecified atom stereocenters. The van der Waals surface area contributed by atoms with Crippen molar-refractivity contribution in [2.75, 3.05) is 6.79 Å². The summed E-state index contributed by atoms with van der Waals surface area (Å²) in [6, 6.07) is 21.3. The molecular weight excluding hydrogens is 492 g/mol. The third kappa shape index (κ3) is 5.48. The number of amides is 2. The third-order valence-corrected chi connectivity index (χ3v) is 7.65. The van der Waals surface area contributed by atoms with Gasteiger partial charge in [0.2, 0.25) is 6.79 Å². The molecule has 2 aliphatic heterocycles. The summed E-state index contributed by atoms with van der Waals surface area (Å²) in [6.45, 7) is 3.23. The monoisotopic (exact) mass is 524 g/mol. The van der Waals surface area contributed by atoms with Gasteiger partial charge >= 0.3 is 0 Å². The van der Waals surface area contributed by atoms with Gasteiger partial charge in [0.25, 0.3) is 11.8 Å². The molecule has 2 amide bonds. The molecule has 3 aliphatic rings. The largest absolute Gasteiger partial charge is 0.482 e. The lowest BCUT2D eigenvalue weighted by molar-refractivity contribution is -0.149. The summed E-state index contributed by atoms with van der Waals surface area (Å²) in [5.74, 6) is 1.52. The van der Waals surface area contributed by atoms with Gasteiger partial charge in [-0.3, -0.25) is 9.59 Å². The molecule has 2 fully saturated rings. The fraction of sp³-hybridized carbons (Fsp3) is 0.312. The van der Waals surface area contributed by atoms with E-state index in [0.29, 0.717) is 35.9 Å². The summed E-state index contributed by atoms with van der Waals surface area (Å²) in [5.41, 5.74) is 4.61. The van der Waals surface area contributed by atoms with Gasteiger partial charge in [0.1, 0.15) is 6.10 Å². The zero-order chi connectivity index (χ0) is 26.8. The van der Waals surface area contributed by atoms with Crippen LogP contribution in [0.5, 0.6) is 11.5 Å². The van der Waals surface area contributed by atoms with Crippen LogP contribution in [0.15, 0.2) is 72.5 Å². The highest BCUT2D eigenvalue weighted by Crippen LogP contribution is 2.35.